The third kappa shape index (κ3) is 5.95. The molecule has 2 N–H and O–H groups in total. The summed E-state index contributed by atoms with van der Waals surface area (Å²) in [7, 11) is 0. The number of aliphatic hydroxyl groups excluding tert-OH is 1. The molecule has 2 fully saturated rings. The Bertz CT molecular complexity index is 1210. The number of rotatable bonds is 7. The molecule has 0 amide bonds. The molecule has 2 aliphatic heterocycles. The Labute approximate surface area is 205 Å². The van der Waals surface area contributed by atoms with Crippen molar-refractivity contribution in [2.45, 2.75) is 38.0 Å². The highest BCUT2D eigenvalue weighted by Gasteiger charge is 2.20. The summed E-state index contributed by atoms with van der Waals surface area (Å²) in [5.74, 6) is 1.08. The van der Waals surface area contributed by atoms with Gasteiger partial charge in [-0.3, -0.25) is 4.90 Å². The van der Waals surface area contributed by atoms with E-state index in [1.54, 1.807) is 6.20 Å². The molecule has 0 radical (unpaired) electrons. The van der Waals surface area contributed by atoms with Crippen LogP contribution in [0.4, 0.5) is 11.6 Å². The van der Waals surface area contributed by atoms with Gasteiger partial charge in [-0.1, -0.05) is 12.1 Å². The van der Waals surface area contributed by atoms with Crippen molar-refractivity contribution in [3.63, 3.8) is 0 Å². The highest BCUT2D eigenvalue weighted by atomic mass is 16.5. The van der Waals surface area contributed by atoms with Crippen molar-refractivity contribution in [3.8, 4) is 23.1 Å². The summed E-state index contributed by atoms with van der Waals surface area (Å²) >= 11 is 0. The van der Waals surface area contributed by atoms with Crippen LogP contribution in [0.15, 0.2) is 54.7 Å². The lowest BCUT2D eigenvalue weighted by atomic mass is 10.1. The second-order valence-corrected chi connectivity index (χ2v) is 9.02. The summed E-state index contributed by atoms with van der Waals surface area (Å²) in [6.45, 7) is 3.80. The number of aromatic nitrogens is 2. The second kappa shape index (κ2) is 10.8. The van der Waals surface area contributed by atoms with Crippen LogP contribution in [0.2, 0.25) is 0 Å². The lowest BCUT2D eigenvalue weighted by Crippen LogP contribution is -2.26. The van der Waals surface area contributed by atoms with Crippen molar-refractivity contribution >= 4 is 11.6 Å². The van der Waals surface area contributed by atoms with Gasteiger partial charge in [-0.15, -0.1) is 0 Å². The number of hydrogen-bond acceptors (Lipinski definition) is 8. The SMILES string of the molecule is N#Cc1cc(-c2ccnc(Nc3cccc(CN4CCC(O)C4)c3)n2)ccc1OC1CCOCC1. The fraction of sp³-hybridized carbons (Fsp3) is 0.370. The Hall–Kier alpha value is -3.51. The molecule has 2 saturated heterocycles. The van der Waals surface area contributed by atoms with E-state index < -0.39 is 0 Å². The van der Waals surface area contributed by atoms with E-state index in [1.807, 2.05) is 36.4 Å². The van der Waals surface area contributed by atoms with Crippen LogP contribution in [0.25, 0.3) is 11.3 Å². The maximum Gasteiger partial charge on any atom is 0.227 e. The Kier molecular flexibility index (Phi) is 7.19. The first-order chi connectivity index (χ1) is 17.2. The summed E-state index contributed by atoms with van der Waals surface area (Å²) in [6.07, 6.45) is 4.04. The summed E-state index contributed by atoms with van der Waals surface area (Å²) in [5, 5.41) is 22.8. The molecule has 3 heterocycles. The van der Waals surface area contributed by atoms with Crippen molar-refractivity contribution in [3.05, 3.63) is 65.9 Å². The number of anilines is 2. The average Bonchev–Trinajstić information content (AvgIpc) is 3.29. The summed E-state index contributed by atoms with van der Waals surface area (Å²) < 4.78 is 11.5. The molecule has 1 aromatic heterocycles. The Morgan fingerprint density at radius 2 is 2.03 bits per heavy atom. The molecule has 35 heavy (non-hydrogen) atoms. The third-order valence-corrected chi connectivity index (χ3v) is 6.35. The number of nitrogens with zero attached hydrogens (tertiary/aromatic N) is 4. The number of ether oxygens (including phenoxy) is 2. The molecule has 0 aliphatic carbocycles. The molecular weight excluding hydrogens is 442 g/mol. The fourth-order valence-corrected chi connectivity index (χ4v) is 4.52. The maximum absolute atomic E-state index is 9.77. The van der Waals surface area contributed by atoms with Gasteiger partial charge in [0.2, 0.25) is 5.95 Å². The molecule has 0 bridgehead atoms. The predicted octanol–water partition coefficient (Wildman–Crippen LogP) is 3.88. The van der Waals surface area contributed by atoms with Gasteiger partial charge in [0.25, 0.3) is 0 Å². The predicted molar refractivity (Wildman–Crippen MR) is 132 cm³/mol. The molecule has 180 valence electrons. The zero-order valence-corrected chi connectivity index (χ0v) is 19.6. The van der Waals surface area contributed by atoms with E-state index in [0.717, 1.165) is 49.3 Å². The molecule has 2 aromatic carbocycles. The van der Waals surface area contributed by atoms with Crippen molar-refractivity contribution < 1.29 is 14.6 Å². The number of aliphatic hydroxyl groups is 1. The number of hydrogen-bond donors (Lipinski definition) is 2. The maximum atomic E-state index is 9.77. The normalized spacial score (nSPS) is 18.8. The monoisotopic (exact) mass is 471 g/mol. The van der Waals surface area contributed by atoms with Crippen molar-refractivity contribution in [1.82, 2.24) is 14.9 Å². The molecule has 2 aliphatic rings. The molecule has 1 atom stereocenters. The molecule has 8 nitrogen and oxygen atoms in total. The molecule has 1 unspecified atom stereocenters. The van der Waals surface area contributed by atoms with E-state index in [2.05, 4.69) is 38.4 Å². The molecule has 8 heteroatoms. The number of β-amino-alcohol motifs (C(OH)–C–C–N with tert-alkyl or cyclic N) is 1. The van der Waals surface area contributed by atoms with Gasteiger partial charge in [0.1, 0.15) is 17.9 Å². The van der Waals surface area contributed by atoms with E-state index in [-0.39, 0.29) is 12.2 Å². The van der Waals surface area contributed by atoms with Crippen LogP contribution in [0.3, 0.4) is 0 Å². The zero-order chi connectivity index (χ0) is 24.0. The highest BCUT2D eigenvalue weighted by molar-refractivity contribution is 5.66. The van der Waals surface area contributed by atoms with Crippen LogP contribution in [0.5, 0.6) is 5.75 Å². The van der Waals surface area contributed by atoms with Gasteiger partial charge < -0.3 is 19.9 Å². The number of likely N-dealkylation sites (tertiary alicyclic amines) is 1. The Morgan fingerprint density at radius 3 is 2.83 bits per heavy atom. The third-order valence-electron chi connectivity index (χ3n) is 6.35. The van der Waals surface area contributed by atoms with Crippen molar-refractivity contribution in [2.24, 2.45) is 0 Å². The molecule has 5 rings (SSSR count). The highest BCUT2D eigenvalue weighted by Crippen LogP contribution is 2.28. The van der Waals surface area contributed by atoms with E-state index in [0.29, 0.717) is 37.0 Å². The van der Waals surface area contributed by atoms with Gasteiger partial charge in [-0.25, -0.2) is 9.97 Å². The first kappa shape index (κ1) is 23.2. The topological polar surface area (TPSA) is 104 Å². The number of nitriles is 1. The lowest BCUT2D eigenvalue weighted by molar-refractivity contribution is 0.0254. The first-order valence-corrected chi connectivity index (χ1v) is 12.0. The van der Waals surface area contributed by atoms with Gasteiger partial charge in [0.15, 0.2) is 0 Å². The van der Waals surface area contributed by atoms with Crippen LogP contribution >= 0.6 is 0 Å². The second-order valence-electron chi connectivity index (χ2n) is 9.02. The average molecular weight is 472 g/mol. The Balaban J connectivity index is 1.29. The minimum absolute atomic E-state index is 0.0721. The van der Waals surface area contributed by atoms with E-state index in [1.165, 1.54) is 5.56 Å². The smallest absolute Gasteiger partial charge is 0.227 e. The van der Waals surface area contributed by atoms with Gasteiger partial charge >= 0.3 is 0 Å². The summed E-state index contributed by atoms with van der Waals surface area (Å²) in [4.78, 5) is 11.3. The van der Waals surface area contributed by atoms with Crippen LogP contribution in [0, 0.1) is 11.3 Å². The van der Waals surface area contributed by atoms with Crippen LogP contribution < -0.4 is 10.1 Å². The molecule has 3 aromatic rings. The van der Waals surface area contributed by atoms with Crippen LogP contribution in [-0.4, -0.2) is 58.5 Å². The van der Waals surface area contributed by atoms with Gasteiger partial charge in [0, 0.05) is 49.9 Å². The minimum Gasteiger partial charge on any atom is -0.489 e. The lowest BCUT2D eigenvalue weighted by Gasteiger charge is -2.23. The van der Waals surface area contributed by atoms with Crippen LogP contribution in [-0.2, 0) is 11.3 Å². The first-order valence-electron chi connectivity index (χ1n) is 12.0. The minimum atomic E-state index is -0.225. The Morgan fingerprint density at radius 1 is 1.14 bits per heavy atom. The zero-order valence-electron chi connectivity index (χ0n) is 19.6. The van der Waals surface area contributed by atoms with Crippen molar-refractivity contribution in [2.75, 3.05) is 31.6 Å². The fourth-order valence-electron chi connectivity index (χ4n) is 4.52. The van der Waals surface area contributed by atoms with Crippen molar-refractivity contribution in [1.29, 1.82) is 5.26 Å². The van der Waals surface area contributed by atoms with Gasteiger partial charge in [-0.2, -0.15) is 5.26 Å². The van der Waals surface area contributed by atoms with Crippen LogP contribution in [0.1, 0.15) is 30.4 Å². The largest absolute Gasteiger partial charge is 0.489 e. The number of benzene rings is 2. The standard InChI is InChI=1S/C27H29N5O3/c28-16-21-15-20(4-5-26(21)35-24-8-12-34-13-9-24)25-6-10-29-27(31-25)30-22-3-1-2-19(14-22)17-32-11-7-23(33)18-32/h1-6,10,14-15,23-24,33H,7-9,11-13,17-18H2,(H,29,30,31). The molecule has 0 spiro atoms. The van der Waals surface area contributed by atoms with Gasteiger partial charge in [0.05, 0.1) is 30.6 Å². The summed E-state index contributed by atoms with van der Waals surface area (Å²) in [5.41, 5.74) is 4.10. The van der Waals surface area contributed by atoms with Gasteiger partial charge in [-0.05, 0) is 48.4 Å². The molecular formula is C27H29N5O3. The van der Waals surface area contributed by atoms with E-state index in [4.69, 9.17) is 9.47 Å². The summed E-state index contributed by atoms with van der Waals surface area (Å²) in [6, 6.07) is 17.8. The number of nitrogens with one attached hydrogen (secondary N) is 1. The van der Waals surface area contributed by atoms with E-state index in [9.17, 15) is 10.4 Å². The molecule has 0 saturated carbocycles. The quantitative estimate of drug-likeness (QED) is 0.535. The van der Waals surface area contributed by atoms with E-state index >= 15 is 0 Å².